The lowest BCUT2D eigenvalue weighted by Gasteiger charge is -2.10. The van der Waals surface area contributed by atoms with Crippen molar-refractivity contribution in [2.24, 2.45) is 5.10 Å². The second kappa shape index (κ2) is 6.85. The van der Waals surface area contributed by atoms with Crippen LogP contribution in [0.4, 0.5) is 0 Å². The molecule has 114 valence electrons. The van der Waals surface area contributed by atoms with Crippen LogP contribution in [0.2, 0.25) is 0 Å². The maximum atomic E-state index is 12.2. The van der Waals surface area contributed by atoms with Crippen LogP contribution in [0.1, 0.15) is 41.4 Å². The van der Waals surface area contributed by atoms with Crippen LogP contribution in [0.3, 0.4) is 0 Å². The van der Waals surface area contributed by atoms with Gasteiger partial charge < -0.3 is 4.57 Å². The number of nitrogens with zero attached hydrogens (tertiary/aromatic N) is 2. The molecule has 0 fully saturated rings. The predicted molar refractivity (Wildman–Crippen MR) is 87.3 cm³/mol. The average molecular weight is 297 g/mol. The van der Waals surface area contributed by atoms with Crippen LogP contribution in [-0.4, -0.2) is 16.7 Å². The first-order valence-electron chi connectivity index (χ1n) is 7.10. The number of aromatic nitrogens is 1. The van der Waals surface area contributed by atoms with E-state index in [9.17, 15) is 9.59 Å². The number of nitrogens with one attached hydrogen (secondary N) is 1. The van der Waals surface area contributed by atoms with E-state index in [-0.39, 0.29) is 17.2 Å². The maximum Gasteiger partial charge on any atom is 0.276 e. The summed E-state index contributed by atoms with van der Waals surface area (Å²) in [6, 6.07) is 10.9. The molecule has 2 rings (SSSR count). The fraction of sp³-hybridized carbons (Fsp3) is 0.235. The van der Waals surface area contributed by atoms with E-state index in [4.69, 9.17) is 0 Å². The summed E-state index contributed by atoms with van der Waals surface area (Å²) < 4.78 is 1.51. The van der Waals surface area contributed by atoms with Gasteiger partial charge in [0.2, 0.25) is 0 Å². The van der Waals surface area contributed by atoms with Gasteiger partial charge in [0.15, 0.2) is 0 Å². The molecule has 1 N–H and O–H groups in total. The van der Waals surface area contributed by atoms with Gasteiger partial charge >= 0.3 is 0 Å². The summed E-state index contributed by atoms with van der Waals surface area (Å²) in [4.78, 5) is 24.2. The zero-order chi connectivity index (χ0) is 16.1. The Balaban J connectivity index is 2.11. The van der Waals surface area contributed by atoms with Crippen LogP contribution < -0.4 is 11.0 Å². The van der Waals surface area contributed by atoms with Gasteiger partial charge in [-0.25, -0.2) is 5.43 Å². The molecule has 22 heavy (non-hydrogen) atoms. The Morgan fingerprint density at radius 1 is 1.23 bits per heavy atom. The normalized spacial score (nSPS) is 11.1. The van der Waals surface area contributed by atoms with Crippen molar-refractivity contribution in [3.8, 4) is 0 Å². The van der Waals surface area contributed by atoms with Gasteiger partial charge in [-0.1, -0.05) is 29.8 Å². The number of amides is 1. The van der Waals surface area contributed by atoms with Gasteiger partial charge in [0.1, 0.15) is 5.56 Å². The van der Waals surface area contributed by atoms with Gasteiger partial charge in [-0.05, 0) is 38.5 Å². The first-order chi connectivity index (χ1) is 10.5. The minimum absolute atomic E-state index is 0.00342. The summed E-state index contributed by atoms with van der Waals surface area (Å²) >= 11 is 0. The molecule has 0 saturated heterocycles. The van der Waals surface area contributed by atoms with Gasteiger partial charge in [0.25, 0.3) is 11.5 Å². The lowest BCUT2D eigenvalue weighted by molar-refractivity contribution is 0.0953. The van der Waals surface area contributed by atoms with Gasteiger partial charge in [0, 0.05) is 12.2 Å². The van der Waals surface area contributed by atoms with Crippen LogP contribution in [0.25, 0.3) is 0 Å². The van der Waals surface area contributed by atoms with Gasteiger partial charge in [-0.3, -0.25) is 9.59 Å². The summed E-state index contributed by atoms with van der Waals surface area (Å²) in [6.07, 6.45) is 3.21. The number of carbonyl (C=O) groups excluding carboxylic acids is 1. The molecule has 0 saturated carbocycles. The Bertz CT molecular complexity index is 743. The first kappa shape index (κ1) is 15.7. The highest BCUT2D eigenvalue weighted by Crippen LogP contribution is 2.02. The molecular formula is C17H19N3O2. The van der Waals surface area contributed by atoms with Crippen LogP contribution in [0.5, 0.6) is 0 Å². The standard InChI is InChI=1S/C17H19N3O2/c1-12(2)20-10-4-5-15(17(20)22)16(21)19-18-11-14-8-6-13(3)7-9-14/h4-12H,1-3H3,(H,19,21)/b18-11-. The highest BCUT2D eigenvalue weighted by Gasteiger charge is 2.12. The van der Waals surface area contributed by atoms with Crippen molar-refractivity contribution >= 4 is 12.1 Å². The lowest BCUT2D eigenvalue weighted by Crippen LogP contribution is -2.31. The SMILES string of the molecule is Cc1ccc(/C=N\NC(=O)c2cccn(C(C)C)c2=O)cc1. The molecule has 1 heterocycles. The molecule has 5 heteroatoms. The van der Waals surface area contributed by atoms with Crippen molar-refractivity contribution in [3.63, 3.8) is 0 Å². The quantitative estimate of drug-likeness (QED) is 0.696. The minimum atomic E-state index is -0.511. The second-order valence-electron chi connectivity index (χ2n) is 5.34. The van der Waals surface area contributed by atoms with E-state index in [2.05, 4.69) is 10.5 Å². The highest BCUT2D eigenvalue weighted by molar-refractivity contribution is 5.94. The fourth-order valence-electron chi connectivity index (χ4n) is 1.97. The smallest absolute Gasteiger partial charge is 0.276 e. The number of pyridine rings is 1. The molecule has 2 aromatic rings. The van der Waals surface area contributed by atoms with E-state index in [0.717, 1.165) is 11.1 Å². The monoisotopic (exact) mass is 297 g/mol. The third-order valence-corrected chi connectivity index (χ3v) is 3.23. The largest absolute Gasteiger partial charge is 0.312 e. The average Bonchev–Trinajstić information content (AvgIpc) is 2.49. The number of aryl methyl sites for hydroxylation is 1. The van der Waals surface area contributed by atoms with E-state index < -0.39 is 5.91 Å². The van der Waals surface area contributed by atoms with Crippen molar-refractivity contribution in [1.29, 1.82) is 0 Å². The molecule has 0 spiro atoms. The second-order valence-corrected chi connectivity index (χ2v) is 5.34. The molecule has 0 aliphatic rings. The zero-order valence-electron chi connectivity index (χ0n) is 12.9. The lowest BCUT2D eigenvalue weighted by atomic mass is 10.2. The number of hydrogen-bond acceptors (Lipinski definition) is 3. The summed E-state index contributed by atoms with van der Waals surface area (Å²) in [5, 5.41) is 3.89. The number of rotatable bonds is 4. The topological polar surface area (TPSA) is 63.5 Å². The molecule has 5 nitrogen and oxygen atoms in total. The summed E-state index contributed by atoms with van der Waals surface area (Å²) in [5.74, 6) is -0.511. The zero-order valence-corrected chi connectivity index (χ0v) is 12.9. The van der Waals surface area contributed by atoms with Gasteiger partial charge in [0.05, 0.1) is 6.21 Å². The molecule has 0 aliphatic heterocycles. The number of hydrogen-bond donors (Lipinski definition) is 1. The molecule has 0 bridgehead atoms. The number of benzene rings is 1. The molecule has 0 aliphatic carbocycles. The van der Waals surface area contributed by atoms with Crippen LogP contribution >= 0.6 is 0 Å². The maximum absolute atomic E-state index is 12.2. The van der Waals surface area contributed by atoms with Crippen LogP contribution in [0.15, 0.2) is 52.5 Å². The molecule has 1 amide bonds. The summed E-state index contributed by atoms with van der Waals surface area (Å²) in [7, 11) is 0. The molecule has 0 radical (unpaired) electrons. The van der Waals surface area contributed by atoms with E-state index in [1.165, 1.54) is 10.6 Å². The van der Waals surface area contributed by atoms with E-state index in [1.54, 1.807) is 18.5 Å². The Morgan fingerprint density at radius 3 is 2.55 bits per heavy atom. The van der Waals surface area contributed by atoms with Gasteiger partial charge in [-0.2, -0.15) is 5.10 Å². The fourth-order valence-corrected chi connectivity index (χ4v) is 1.97. The van der Waals surface area contributed by atoms with E-state index in [0.29, 0.717) is 0 Å². The highest BCUT2D eigenvalue weighted by atomic mass is 16.2. The van der Waals surface area contributed by atoms with E-state index in [1.807, 2.05) is 45.0 Å². The molecule has 1 aromatic carbocycles. The molecule has 0 atom stereocenters. The third kappa shape index (κ3) is 3.69. The van der Waals surface area contributed by atoms with Crippen molar-refractivity contribution < 1.29 is 4.79 Å². The van der Waals surface area contributed by atoms with Gasteiger partial charge in [-0.15, -0.1) is 0 Å². The van der Waals surface area contributed by atoms with E-state index >= 15 is 0 Å². The number of carbonyl (C=O) groups is 1. The Kier molecular flexibility index (Phi) is 4.88. The Labute approximate surface area is 129 Å². The Morgan fingerprint density at radius 2 is 1.91 bits per heavy atom. The van der Waals surface area contributed by atoms with Crippen LogP contribution in [-0.2, 0) is 0 Å². The van der Waals surface area contributed by atoms with Crippen molar-refractivity contribution in [3.05, 3.63) is 69.6 Å². The summed E-state index contributed by atoms with van der Waals surface area (Å²) in [6.45, 7) is 5.77. The molecule has 1 aromatic heterocycles. The number of hydrazone groups is 1. The van der Waals surface area contributed by atoms with Crippen molar-refractivity contribution in [1.82, 2.24) is 9.99 Å². The first-order valence-corrected chi connectivity index (χ1v) is 7.10. The minimum Gasteiger partial charge on any atom is -0.312 e. The van der Waals surface area contributed by atoms with Crippen molar-refractivity contribution in [2.75, 3.05) is 0 Å². The van der Waals surface area contributed by atoms with Crippen LogP contribution in [0, 0.1) is 6.92 Å². The van der Waals surface area contributed by atoms with Crippen molar-refractivity contribution in [2.45, 2.75) is 26.8 Å². The molecular weight excluding hydrogens is 278 g/mol. The Hall–Kier alpha value is -2.69. The molecule has 0 unspecified atom stereocenters. The third-order valence-electron chi connectivity index (χ3n) is 3.23. The summed E-state index contributed by atoms with van der Waals surface area (Å²) in [5.41, 5.74) is 4.17. The predicted octanol–water partition coefficient (Wildman–Crippen LogP) is 2.50.